The number of benzene rings is 1. The molecule has 0 atom stereocenters. The van der Waals surface area contributed by atoms with Crippen molar-refractivity contribution in [1.29, 1.82) is 0 Å². The van der Waals surface area contributed by atoms with Gasteiger partial charge >= 0.3 is 5.76 Å². The summed E-state index contributed by atoms with van der Waals surface area (Å²) in [5, 5.41) is 0.489. The Hall–Kier alpha value is -0.870. The summed E-state index contributed by atoms with van der Waals surface area (Å²) in [5.74, 6) is -0.486. The second-order valence-corrected chi connectivity index (χ2v) is 3.20. The van der Waals surface area contributed by atoms with Crippen LogP contribution >= 0.6 is 24.2 Å². The molecule has 12 heavy (non-hydrogen) atoms. The molecule has 1 aromatic carbocycles. The van der Waals surface area contributed by atoms with Gasteiger partial charge in [-0.05, 0) is 12.1 Å². The van der Waals surface area contributed by atoms with E-state index in [-0.39, 0.29) is 0 Å². The lowest BCUT2D eigenvalue weighted by Crippen LogP contribution is -1.92. The maximum atomic E-state index is 10.7. The normalized spacial score (nSPS) is 10.8. The zero-order valence-electron chi connectivity index (χ0n) is 5.80. The highest BCUT2D eigenvalue weighted by molar-refractivity contribution is 7.80. The second kappa shape index (κ2) is 2.57. The van der Waals surface area contributed by atoms with Crippen molar-refractivity contribution in [2.24, 2.45) is 0 Å². The first kappa shape index (κ1) is 7.76. The average molecular weight is 202 g/mol. The van der Waals surface area contributed by atoms with Crippen LogP contribution in [-0.4, -0.2) is 4.98 Å². The predicted molar refractivity (Wildman–Crippen MR) is 49.1 cm³/mol. The molecule has 5 heteroatoms. The third-order valence-electron chi connectivity index (χ3n) is 1.49. The molecule has 2 rings (SSSR count). The van der Waals surface area contributed by atoms with E-state index in [2.05, 4.69) is 17.6 Å². The van der Waals surface area contributed by atoms with Crippen molar-refractivity contribution in [2.75, 3.05) is 0 Å². The minimum Gasteiger partial charge on any atom is -0.408 e. The van der Waals surface area contributed by atoms with Crippen LogP contribution in [0.3, 0.4) is 0 Å². The van der Waals surface area contributed by atoms with E-state index in [9.17, 15) is 4.79 Å². The first-order chi connectivity index (χ1) is 5.66. The highest BCUT2D eigenvalue weighted by Gasteiger charge is 2.03. The van der Waals surface area contributed by atoms with Gasteiger partial charge in [0.2, 0.25) is 0 Å². The van der Waals surface area contributed by atoms with Crippen LogP contribution in [0.2, 0.25) is 5.02 Å². The van der Waals surface area contributed by atoms with Crippen LogP contribution in [0.15, 0.2) is 26.2 Å². The van der Waals surface area contributed by atoms with E-state index in [1.54, 1.807) is 12.1 Å². The molecule has 0 saturated heterocycles. The van der Waals surface area contributed by atoms with Crippen LogP contribution < -0.4 is 5.76 Å². The summed E-state index contributed by atoms with van der Waals surface area (Å²) in [7, 11) is 0. The minimum atomic E-state index is -0.486. The topological polar surface area (TPSA) is 46.0 Å². The second-order valence-electron chi connectivity index (χ2n) is 2.31. The number of H-pyrrole nitrogens is 1. The largest absolute Gasteiger partial charge is 0.417 e. The fourth-order valence-corrected chi connectivity index (χ4v) is 1.31. The van der Waals surface area contributed by atoms with Crippen LogP contribution in [0.1, 0.15) is 0 Å². The standard InChI is InChI=1S/C7H4ClNO2S/c8-3-1-4-5(2-6(3)12)11-7(10)9-4/h1-2,12H,(H,9,10). The first-order valence-electron chi connectivity index (χ1n) is 3.18. The summed E-state index contributed by atoms with van der Waals surface area (Å²) in [4.78, 5) is 13.8. The molecule has 62 valence electrons. The number of thiol groups is 1. The van der Waals surface area contributed by atoms with Crippen LogP contribution in [-0.2, 0) is 0 Å². The van der Waals surface area contributed by atoms with Gasteiger partial charge in [-0.25, -0.2) is 4.79 Å². The van der Waals surface area contributed by atoms with Gasteiger partial charge in [-0.2, -0.15) is 0 Å². The molecule has 0 radical (unpaired) electrons. The van der Waals surface area contributed by atoms with Gasteiger partial charge in [0.15, 0.2) is 5.58 Å². The lowest BCUT2D eigenvalue weighted by molar-refractivity contribution is 0.555. The van der Waals surface area contributed by atoms with E-state index in [1.165, 1.54) is 0 Å². The average Bonchev–Trinajstić information content (AvgIpc) is 2.30. The minimum absolute atomic E-state index is 0.467. The van der Waals surface area contributed by atoms with Gasteiger partial charge < -0.3 is 4.42 Å². The number of halogens is 1. The van der Waals surface area contributed by atoms with Gasteiger partial charge in [0.05, 0.1) is 10.5 Å². The fraction of sp³-hybridized carbons (Fsp3) is 0. The van der Waals surface area contributed by atoms with Crippen molar-refractivity contribution in [3.63, 3.8) is 0 Å². The summed E-state index contributed by atoms with van der Waals surface area (Å²) >= 11 is 9.83. The Morgan fingerprint density at radius 1 is 1.50 bits per heavy atom. The Kier molecular flexibility index (Phi) is 1.66. The van der Waals surface area contributed by atoms with Gasteiger partial charge in [-0.3, -0.25) is 4.98 Å². The number of hydrogen-bond acceptors (Lipinski definition) is 3. The van der Waals surface area contributed by atoms with E-state index in [1.807, 2.05) is 0 Å². The smallest absolute Gasteiger partial charge is 0.408 e. The summed E-state index contributed by atoms with van der Waals surface area (Å²) in [6, 6.07) is 3.20. The molecular weight excluding hydrogens is 198 g/mol. The summed E-state index contributed by atoms with van der Waals surface area (Å²) in [6.45, 7) is 0. The molecule has 0 unspecified atom stereocenters. The van der Waals surface area contributed by atoms with Crippen molar-refractivity contribution in [3.8, 4) is 0 Å². The monoisotopic (exact) mass is 201 g/mol. The van der Waals surface area contributed by atoms with Crippen LogP contribution in [0.4, 0.5) is 0 Å². The van der Waals surface area contributed by atoms with Crippen LogP contribution in [0.25, 0.3) is 11.1 Å². The lowest BCUT2D eigenvalue weighted by atomic mass is 10.3. The Labute approximate surface area is 77.7 Å². The summed E-state index contributed by atoms with van der Waals surface area (Å²) < 4.78 is 4.79. The number of hydrogen-bond donors (Lipinski definition) is 2. The highest BCUT2D eigenvalue weighted by Crippen LogP contribution is 2.24. The molecular formula is C7H4ClNO2S. The number of aromatic amines is 1. The van der Waals surface area contributed by atoms with Crippen molar-refractivity contribution in [3.05, 3.63) is 27.7 Å². The molecule has 0 bridgehead atoms. The fourth-order valence-electron chi connectivity index (χ4n) is 0.960. The van der Waals surface area contributed by atoms with Gasteiger partial charge in [0.1, 0.15) is 0 Å². The maximum Gasteiger partial charge on any atom is 0.417 e. The molecule has 0 spiro atoms. The number of fused-ring (bicyclic) bond motifs is 1. The number of nitrogens with one attached hydrogen (secondary N) is 1. The molecule has 0 aliphatic heterocycles. The molecule has 1 aromatic heterocycles. The third kappa shape index (κ3) is 1.13. The Morgan fingerprint density at radius 3 is 3.00 bits per heavy atom. The summed E-state index contributed by atoms with van der Waals surface area (Å²) in [5.41, 5.74) is 1.05. The molecule has 1 N–H and O–H groups in total. The Morgan fingerprint density at radius 2 is 2.25 bits per heavy atom. The van der Waals surface area contributed by atoms with Gasteiger partial charge in [0.25, 0.3) is 0 Å². The number of aromatic nitrogens is 1. The molecule has 0 saturated carbocycles. The van der Waals surface area contributed by atoms with E-state index >= 15 is 0 Å². The molecule has 1 heterocycles. The predicted octanol–water partition coefficient (Wildman–Crippen LogP) is 2.06. The molecule has 0 aliphatic carbocycles. The van der Waals surface area contributed by atoms with Gasteiger partial charge in [-0.15, -0.1) is 12.6 Å². The van der Waals surface area contributed by atoms with Gasteiger partial charge in [-0.1, -0.05) is 11.6 Å². The maximum absolute atomic E-state index is 10.7. The Bertz CT molecular complexity index is 446. The molecule has 2 aromatic rings. The molecule has 0 aliphatic rings. The van der Waals surface area contributed by atoms with E-state index < -0.39 is 5.76 Å². The zero-order chi connectivity index (χ0) is 8.72. The number of oxazole rings is 1. The van der Waals surface area contributed by atoms with E-state index in [0.29, 0.717) is 21.0 Å². The lowest BCUT2D eigenvalue weighted by Gasteiger charge is -1.93. The van der Waals surface area contributed by atoms with Gasteiger partial charge in [0, 0.05) is 4.90 Å². The highest BCUT2D eigenvalue weighted by atomic mass is 35.5. The van der Waals surface area contributed by atoms with Crippen molar-refractivity contribution in [2.45, 2.75) is 4.90 Å². The SMILES string of the molecule is O=c1[nH]c2cc(Cl)c(S)cc2o1. The van der Waals surface area contributed by atoms with Crippen LogP contribution in [0, 0.1) is 0 Å². The Balaban J connectivity index is 2.92. The number of rotatable bonds is 0. The zero-order valence-corrected chi connectivity index (χ0v) is 7.45. The van der Waals surface area contributed by atoms with Crippen molar-refractivity contribution < 1.29 is 4.42 Å². The molecule has 0 fully saturated rings. The van der Waals surface area contributed by atoms with E-state index in [0.717, 1.165) is 0 Å². The molecule has 3 nitrogen and oxygen atoms in total. The van der Waals surface area contributed by atoms with E-state index in [4.69, 9.17) is 16.0 Å². The summed E-state index contributed by atoms with van der Waals surface area (Å²) in [6.07, 6.45) is 0. The quantitative estimate of drug-likeness (QED) is 0.641. The third-order valence-corrected chi connectivity index (χ3v) is 2.30. The first-order valence-corrected chi connectivity index (χ1v) is 4.00. The van der Waals surface area contributed by atoms with Crippen molar-refractivity contribution in [1.82, 2.24) is 4.98 Å². The molecule has 0 amide bonds. The van der Waals surface area contributed by atoms with Crippen LogP contribution in [0.5, 0.6) is 0 Å². The van der Waals surface area contributed by atoms with Crippen molar-refractivity contribution >= 4 is 35.3 Å².